The normalized spacial score (nSPS) is 11.1. The summed E-state index contributed by atoms with van der Waals surface area (Å²) in [5.41, 5.74) is 0.166. The third kappa shape index (κ3) is 2.55. The van der Waals surface area contributed by atoms with E-state index in [0.717, 1.165) is 28.4 Å². The smallest absolute Gasteiger partial charge is 0.268 e. The van der Waals surface area contributed by atoms with Gasteiger partial charge in [-0.3, -0.25) is 8.75 Å². The Morgan fingerprint density at radius 3 is 2.75 bits per heavy atom. The number of aromatic nitrogens is 1. The Labute approximate surface area is 107 Å². The van der Waals surface area contributed by atoms with Crippen LogP contribution in [0.3, 0.4) is 0 Å². The Bertz CT molecular complexity index is 517. The highest BCUT2D eigenvalue weighted by molar-refractivity contribution is 9.09. The second-order valence-electron chi connectivity index (χ2n) is 3.74. The van der Waals surface area contributed by atoms with E-state index in [1.54, 1.807) is 11.5 Å². The Balaban J connectivity index is 2.13. The maximum atomic E-state index is 12.0. The first-order valence-corrected chi connectivity index (χ1v) is 7.37. The maximum absolute atomic E-state index is 12.0. The molecule has 1 heterocycles. The number of halogens is 1. The van der Waals surface area contributed by atoms with E-state index >= 15 is 0 Å². The third-order valence-electron chi connectivity index (χ3n) is 2.55. The van der Waals surface area contributed by atoms with Gasteiger partial charge < -0.3 is 0 Å². The van der Waals surface area contributed by atoms with Crippen LogP contribution in [0.25, 0.3) is 10.1 Å². The zero-order valence-electron chi connectivity index (χ0n) is 8.99. The van der Waals surface area contributed by atoms with Gasteiger partial charge in [-0.1, -0.05) is 46.0 Å². The second kappa shape index (κ2) is 5.64. The molecule has 0 bridgehead atoms. The fourth-order valence-electron chi connectivity index (χ4n) is 1.69. The van der Waals surface area contributed by atoms with Crippen molar-refractivity contribution in [3.05, 3.63) is 34.6 Å². The first-order valence-electron chi connectivity index (χ1n) is 5.48. The molecule has 86 valence electrons. The molecule has 0 saturated carbocycles. The number of rotatable bonds is 5. The van der Waals surface area contributed by atoms with Crippen LogP contribution < -0.4 is 5.56 Å². The van der Waals surface area contributed by atoms with Crippen LogP contribution in [0.4, 0.5) is 0 Å². The molecule has 2 rings (SSSR count). The summed E-state index contributed by atoms with van der Waals surface area (Å²) in [4.78, 5) is 12.0. The number of fused-ring (bicyclic) bond motifs is 1. The first kappa shape index (κ1) is 11.9. The molecule has 0 radical (unpaired) electrons. The number of alkyl halides is 1. The van der Waals surface area contributed by atoms with Gasteiger partial charge in [-0.15, -0.1) is 0 Å². The van der Waals surface area contributed by atoms with Crippen LogP contribution in [0.5, 0.6) is 0 Å². The monoisotopic (exact) mass is 299 g/mol. The number of unbranched alkanes of at least 4 members (excludes halogenated alkanes) is 2. The number of benzene rings is 1. The van der Waals surface area contributed by atoms with Crippen LogP contribution in [-0.2, 0) is 6.54 Å². The molecule has 0 fully saturated rings. The molecule has 0 aliphatic heterocycles. The lowest BCUT2D eigenvalue weighted by atomic mass is 10.2. The minimum Gasteiger partial charge on any atom is -0.268 e. The van der Waals surface area contributed by atoms with Gasteiger partial charge in [0.25, 0.3) is 5.56 Å². The topological polar surface area (TPSA) is 22.0 Å². The molecule has 0 N–H and O–H groups in total. The van der Waals surface area contributed by atoms with Crippen molar-refractivity contribution in [2.45, 2.75) is 25.8 Å². The summed E-state index contributed by atoms with van der Waals surface area (Å²) >= 11 is 4.99. The summed E-state index contributed by atoms with van der Waals surface area (Å²) in [6.07, 6.45) is 3.43. The standard InChI is InChI=1S/C12H14BrNOS/c13-8-4-1-5-9-14-12(15)10-6-2-3-7-11(10)16-14/h2-3,6-7H,1,4-5,8-9H2. The minimum atomic E-state index is 0.166. The lowest BCUT2D eigenvalue weighted by Crippen LogP contribution is -2.12. The molecule has 0 aliphatic rings. The van der Waals surface area contributed by atoms with Crippen LogP contribution in [0, 0.1) is 0 Å². The summed E-state index contributed by atoms with van der Waals surface area (Å²) in [5.74, 6) is 0. The van der Waals surface area contributed by atoms with E-state index in [1.807, 2.05) is 28.2 Å². The van der Waals surface area contributed by atoms with E-state index in [2.05, 4.69) is 15.9 Å². The van der Waals surface area contributed by atoms with Crippen LogP contribution in [0.15, 0.2) is 29.1 Å². The molecule has 1 aromatic carbocycles. The lowest BCUT2D eigenvalue weighted by Gasteiger charge is -1.98. The molecule has 0 unspecified atom stereocenters. The van der Waals surface area contributed by atoms with Crippen molar-refractivity contribution in [1.29, 1.82) is 0 Å². The molecule has 0 aliphatic carbocycles. The average molecular weight is 300 g/mol. The Kier molecular flexibility index (Phi) is 4.18. The third-order valence-corrected chi connectivity index (χ3v) is 4.23. The van der Waals surface area contributed by atoms with Crippen molar-refractivity contribution in [3.8, 4) is 0 Å². The Morgan fingerprint density at radius 2 is 2.00 bits per heavy atom. The van der Waals surface area contributed by atoms with Gasteiger partial charge in [-0.05, 0) is 25.0 Å². The Hall–Kier alpha value is -0.610. The molecule has 2 aromatic rings. The van der Waals surface area contributed by atoms with Gasteiger partial charge in [0.15, 0.2) is 0 Å². The number of aryl methyl sites for hydroxylation is 1. The van der Waals surface area contributed by atoms with E-state index in [-0.39, 0.29) is 5.56 Å². The molecule has 1 aromatic heterocycles. The molecule has 0 spiro atoms. The van der Waals surface area contributed by atoms with Gasteiger partial charge in [0.1, 0.15) is 0 Å². The highest BCUT2D eigenvalue weighted by Crippen LogP contribution is 2.16. The summed E-state index contributed by atoms with van der Waals surface area (Å²) in [5, 5.41) is 1.90. The van der Waals surface area contributed by atoms with E-state index in [0.29, 0.717) is 0 Å². The lowest BCUT2D eigenvalue weighted by molar-refractivity contribution is 0.627. The fraction of sp³-hybridized carbons (Fsp3) is 0.417. The quantitative estimate of drug-likeness (QED) is 0.610. The van der Waals surface area contributed by atoms with Crippen molar-refractivity contribution < 1.29 is 0 Å². The zero-order chi connectivity index (χ0) is 11.4. The van der Waals surface area contributed by atoms with Crippen molar-refractivity contribution in [3.63, 3.8) is 0 Å². The van der Waals surface area contributed by atoms with Gasteiger partial charge in [-0.25, -0.2) is 0 Å². The van der Waals surface area contributed by atoms with Crippen LogP contribution >= 0.6 is 27.5 Å². The largest absolute Gasteiger partial charge is 0.268 e. The zero-order valence-corrected chi connectivity index (χ0v) is 11.4. The second-order valence-corrected chi connectivity index (χ2v) is 5.60. The number of nitrogens with zero attached hydrogens (tertiary/aromatic N) is 1. The first-order chi connectivity index (χ1) is 7.83. The highest BCUT2D eigenvalue weighted by Gasteiger charge is 2.05. The molecule has 16 heavy (non-hydrogen) atoms. The van der Waals surface area contributed by atoms with Gasteiger partial charge in [-0.2, -0.15) is 0 Å². The van der Waals surface area contributed by atoms with Crippen molar-refractivity contribution >= 4 is 37.5 Å². The highest BCUT2D eigenvalue weighted by atomic mass is 79.9. The van der Waals surface area contributed by atoms with E-state index in [9.17, 15) is 4.79 Å². The van der Waals surface area contributed by atoms with E-state index < -0.39 is 0 Å². The summed E-state index contributed by atoms with van der Waals surface area (Å²) < 4.78 is 2.96. The summed E-state index contributed by atoms with van der Waals surface area (Å²) in [6, 6.07) is 7.82. The average Bonchev–Trinajstić information content (AvgIpc) is 2.63. The molecular formula is C12H14BrNOS. The SMILES string of the molecule is O=c1c2ccccc2sn1CCCCCBr. The van der Waals surface area contributed by atoms with E-state index in [1.165, 1.54) is 12.8 Å². The Morgan fingerprint density at radius 1 is 1.19 bits per heavy atom. The summed E-state index contributed by atoms with van der Waals surface area (Å²) in [6.45, 7) is 0.852. The predicted octanol–water partition coefficient (Wildman–Crippen LogP) is 3.63. The van der Waals surface area contributed by atoms with Crippen LogP contribution in [-0.4, -0.2) is 9.29 Å². The molecule has 2 nitrogen and oxygen atoms in total. The predicted molar refractivity (Wildman–Crippen MR) is 73.7 cm³/mol. The van der Waals surface area contributed by atoms with Crippen molar-refractivity contribution in [2.75, 3.05) is 5.33 Å². The maximum Gasteiger partial charge on any atom is 0.268 e. The van der Waals surface area contributed by atoms with Gasteiger partial charge in [0.05, 0.1) is 10.1 Å². The molecule has 0 saturated heterocycles. The van der Waals surface area contributed by atoms with E-state index in [4.69, 9.17) is 0 Å². The minimum absolute atomic E-state index is 0.166. The molecule has 0 amide bonds. The van der Waals surface area contributed by atoms with Crippen LogP contribution in [0.2, 0.25) is 0 Å². The summed E-state index contributed by atoms with van der Waals surface area (Å²) in [7, 11) is 0. The van der Waals surface area contributed by atoms with Crippen molar-refractivity contribution in [2.24, 2.45) is 0 Å². The molecule has 4 heteroatoms. The fourth-order valence-corrected chi connectivity index (χ4v) is 3.12. The van der Waals surface area contributed by atoms with Gasteiger partial charge >= 0.3 is 0 Å². The number of hydrogen-bond acceptors (Lipinski definition) is 2. The van der Waals surface area contributed by atoms with Crippen molar-refractivity contribution in [1.82, 2.24) is 3.96 Å². The number of hydrogen-bond donors (Lipinski definition) is 0. The van der Waals surface area contributed by atoms with Gasteiger partial charge in [0, 0.05) is 11.9 Å². The molecule has 0 atom stereocenters. The molecular weight excluding hydrogens is 286 g/mol. The van der Waals surface area contributed by atoms with Gasteiger partial charge in [0.2, 0.25) is 0 Å². The van der Waals surface area contributed by atoms with Crippen LogP contribution in [0.1, 0.15) is 19.3 Å².